The van der Waals surface area contributed by atoms with E-state index >= 15 is 0 Å². The molecule has 0 saturated heterocycles. The summed E-state index contributed by atoms with van der Waals surface area (Å²) in [7, 11) is 0. The molecular formula is C24H19N5O2S. The lowest BCUT2D eigenvalue weighted by atomic mass is 10.1. The van der Waals surface area contributed by atoms with Crippen molar-refractivity contribution in [2.75, 3.05) is 5.75 Å². The summed E-state index contributed by atoms with van der Waals surface area (Å²) in [6.45, 7) is 0.448. The summed E-state index contributed by atoms with van der Waals surface area (Å²) in [6, 6.07) is 23.4. The van der Waals surface area contributed by atoms with E-state index in [9.17, 15) is 9.59 Å². The van der Waals surface area contributed by atoms with E-state index in [1.165, 1.54) is 18.0 Å². The first-order chi connectivity index (χ1) is 15.7. The summed E-state index contributed by atoms with van der Waals surface area (Å²) in [6.07, 6.45) is 1.48. The fourth-order valence-corrected chi connectivity index (χ4v) is 4.39. The van der Waals surface area contributed by atoms with Gasteiger partial charge in [0.25, 0.3) is 5.56 Å². The van der Waals surface area contributed by atoms with Crippen LogP contribution >= 0.6 is 11.8 Å². The van der Waals surface area contributed by atoms with Gasteiger partial charge in [-0.05, 0) is 17.0 Å². The number of hydrogen-bond acceptors (Lipinski definition) is 5. The first-order valence-electron chi connectivity index (χ1n) is 10.1. The third kappa shape index (κ3) is 3.88. The number of carbonyl (C=O) groups excluding carboxylic acids is 1. The largest absolute Gasteiger partial charge is 0.351 e. The number of amides is 1. The minimum absolute atomic E-state index is 0.129. The van der Waals surface area contributed by atoms with Crippen LogP contribution < -0.4 is 10.9 Å². The first kappa shape index (κ1) is 20.0. The summed E-state index contributed by atoms with van der Waals surface area (Å²) < 4.78 is 1.56. The highest BCUT2D eigenvalue weighted by molar-refractivity contribution is 7.99. The minimum atomic E-state index is -0.229. The van der Waals surface area contributed by atoms with Gasteiger partial charge in [0.15, 0.2) is 10.8 Å². The average molecular weight is 442 g/mol. The molecule has 2 aromatic heterocycles. The zero-order chi connectivity index (χ0) is 21.9. The second-order valence-electron chi connectivity index (χ2n) is 7.22. The fraction of sp³-hybridized carbons (Fsp3) is 0.0833. The van der Waals surface area contributed by atoms with Crippen LogP contribution in [0, 0.1) is 0 Å². The highest BCUT2D eigenvalue weighted by Gasteiger charge is 2.17. The van der Waals surface area contributed by atoms with Crippen LogP contribution in [0.2, 0.25) is 0 Å². The van der Waals surface area contributed by atoms with Crippen LogP contribution in [-0.2, 0) is 11.3 Å². The van der Waals surface area contributed by atoms with Gasteiger partial charge in [0.1, 0.15) is 5.39 Å². The van der Waals surface area contributed by atoms with E-state index < -0.39 is 0 Å². The number of H-pyrrole nitrogens is 1. The van der Waals surface area contributed by atoms with Crippen molar-refractivity contribution in [3.63, 3.8) is 0 Å². The van der Waals surface area contributed by atoms with Gasteiger partial charge in [-0.1, -0.05) is 78.5 Å². The van der Waals surface area contributed by atoms with Crippen LogP contribution in [0.3, 0.4) is 0 Å². The van der Waals surface area contributed by atoms with Crippen LogP contribution in [0.5, 0.6) is 0 Å². The highest BCUT2D eigenvalue weighted by Crippen LogP contribution is 2.26. The van der Waals surface area contributed by atoms with Gasteiger partial charge in [-0.25, -0.2) is 4.98 Å². The van der Waals surface area contributed by atoms with Crippen LogP contribution in [-0.4, -0.2) is 31.4 Å². The third-order valence-electron chi connectivity index (χ3n) is 5.12. The van der Waals surface area contributed by atoms with E-state index in [0.29, 0.717) is 22.7 Å². The standard InChI is InChI=1S/C24H19N5O2S/c30-21(25-13-16-7-2-1-3-8-16)15-32-24-27-22-19(14-26-28-22)23(31)29(24)20-12-6-10-17-9-4-5-11-18(17)20/h1-12,14H,13,15H2,(H,25,30)(H,26,28). The van der Waals surface area contributed by atoms with Crippen molar-refractivity contribution in [1.82, 2.24) is 25.1 Å². The molecule has 8 heteroatoms. The van der Waals surface area contributed by atoms with Crippen molar-refractivity contribution >= 4 is 39.5 Å². The molecule has 5 aromatic rings. The Labute approximate surface area is 187 Å². The summed E-state index contributed by atoms with van der Waals surface area (Å²) in [5, 5.41) is 12.4. The SMILES string of the molecule is O=C(CSc1nc2[nH]ncc2c(=O)n1-c1cccc2ccccc12)NCc1ccccc1. The zero-order valence-electron chi connectivity index (χ0n) is 17.0. The topological polar surface area (TPSA) is 92.7 Å². The Morgan fingerprint density at radius 2 is 1.75 bits per heavy atom. The van der Waals surface area contributed by atoms with Gasteiger partial charge in [-0.2, -0.15) is 5.10 Å². The van der Waals surface area contributed by atoms with Gasteiger partial charge in [-0.15, -0.1) is 0 Å². The summed E-state index contributed by atoms with van der Waals surface area (Å²) in [5.74, 6) is -0.00812. The van der Waals surface area contributed by atoms with Crippen LogP contribution in [0.25, 0.3) is 27.5 Å². The molecule has 0 fully saturated rings. The zero-order valence-corrected chi connectivity index (χ0v) is 17.8. The van der Waals surface area contributed by atoms with E-state index in [2.05, 4.69) is 20.5 Å². The number of carbonyl (C=O) groups is 1. The molecule has 0 aliphatic carbocycles. The van der Waals surface area contributed by atoms with E-state index in [0.717, 1.165) is 22.0 Å². The molecule has 0 aliphatic rings. The van der Waals surface area contributed by atoms with Crippen LogP contribution in [0.1, 0.15) is 5.56 Å². The maximum Gasteiger partial charge on any atom is 0.269 e. The van der Waals surface area contributed by atoms with Crippen molar-refractivity contribution < 1.29 is 4.79 Å². The molecule has 5 rings (SSSR count). The normalized spacial score (nSPS) is 11.1. The molecule has 32 heavy (non-hydrogen) atoms. The number of aromatic nitrogens is 4. The first-order valence-corrected chi connectivity index (χ1v) is 11.1. The number of fused-ring (bicyclic) bond motifs is 2. The van der Waals surface area contributed by atoms with Gasteiger partial charge in [0.05, 0.1) is 17.6 Å². The second-order valence-corrected chi connectivity index (χ2v) is 8.16. The smallest absolute Gasteiger partial charge is 0.269 e. The molecule has 0 unspecified atom stereocenters. The van der Waals surface area contributed by atoms with Gasteiger partial charge in [0.2, 0.25) is 5.91 Å². The lowest BCUT2D eigenvalue weighted by molar-refractivity contribution is -0.118. The van der Waals surface area contributed by atoms with Gasteiger partial charge in [-0.3, -0.25) is 19.3 Å². The van der Waals surface area contributed by atoms with E-state index in [4.69, 9.17) is 0 Å². The number of rotatable bonds is 6. The summed E-state index contributed by atoms with van der Waals surface area (Å²) in [4.78, 5) is 30.4. The Bertz CT molecular complexity index is 1470. The molecule has 3 aromatic carbocycles. The number of hydrogen-bond donors (Lipinski definition) is 2. The van der Waals surface area contributed by atoms with Crippen LogP contribution in [0.15, 0.2) is 88.9 Å². The fourth-order valence-electron chi connectivity index (χ4n) is 3.56. The molecule has 158 valence electrons. The van der Waals surface area contributed by atoms with Gasteiger partial charge in [0, 0.05) is 11.9 Å². The number of thioether (sulfide) groups is 1. The number of aromatic amines is 1. The van der Waals surface area contributed by atoms with Crippen molar-refractivity contribution in [3.8, 4) is 5.69 Å². The molecule has 0 spiro atoms. The predicted molar refractivity (Wildman–Crippen MR) is 126 cm³/mol. The molecule has 1 amide bonds. The molecule has 0 radical (unpaired) electrons. The second kappa shape index (κ2) is 8.68. The van der Waals surface area contributed by atoms with E-state index in [1.807, 2.05) is 72.8 Å². The van der Waals surface area contributed by atoms with E-state index in [-0.39, 0.29) is 17.2 Å². The Morgan fingerprint density at radius 3 is 2.62 bits per heavy atom. The molecular weight excluding hydrogens is 422 g/mol. The van der Waals surface area contributed by atoms with Gasteiger partial charge < -0.3 is 5.32 Å². The Hall–Kier alpha value is -3.91. The summed E-state index contributed by atoms with van der Waals surface area (Å²) in [5.41, 5.74) is 1.91. The molecule has 0 aliphatic heterocycles. The maximum absolute atomic E-state index is 13.4. The lowest BCUT2D eigenvalue weighted by Crippen LogP contribution is -2.26. The molecule has 0 atom stereocenters. The van der Waals surface area contributed by atoms with Crippen molar-refractivity contribution in [3.05, 3.63) is 94.9 Å². The lowest BCUT2D eigenvalue weighted by Gasteiger charge is -2.14. The minimum Gasteiger partial charge on any atom is -0.351 e. The molecule has 0 bridgehead atoms. The molecule has 2 heterocycles. The number of nitrogens with zero attached hydrogens (tertiary/aromatic N) is 3. The molecule has 0 saturated carbocycles. The molecule has 2 N–H and O–H groups in total. The quantitative estimate of drug-likeness (QED) is 0.310. The number of benzene rings is 3. The third-order valence-corrected chi connectivity index (χ3v) is 6.06. The van der Waals surface area contributed by atoms with E-state index in [1.54, 1.807) is 4.57 Å². The van der Waals surface area contributed by atoms with Crippen molar-refractivity contribution in [2.45, 2.75) is 11.7 Å². The Balaban J connectivity index is 1.49. The maximum atomic E-state index is 13.4. The van der Waals surface area contributed by atoms with Crippen molar-refractivity contribution in [2.24, 2.45) is 0 Å². The Morgan fingerprint density at radius 1 is 0.969 bits per heavy atom. The summed E-state index contributed by atoms with van der Waals surface area (Å²) >= 11 is 1.22. The average Bonchev–Trinajstić information content (AvgIpc) is 3.31. The number of nitrogens with one attached hydrogen (secondary N) is 2. The monoisotopic (exact) mass is 441 g/mol. The van der Waals surface area contributed by atoms with Crippen LogP contribution in [0.4, 0.5) is 0 Å². The van der Waals surface area contributed by atoms with Crippen molar-refractivity contribution in [1.29, 1.82) is 0 Å². The van der Waals surface area contributed by atoms with Gasteiger partial charge >= 0.3 is 0 Å². The predicted octanol–water partition coefficient (Wildman–Crippen LogP) is 3.67. The highest BCUT2D eigenvalue weighted by atomic mass is 32.2. The Kier molecular flexibility index (Phi) is 5.43. The molecule has 7 nitrogen and oxygen atoms in total.